The Balaban J connectivity index is 1.81. The molecule has 1 aromatic heterocycles. The molecule has 0 spiro atoms. The van der Waals surface area contributed by atoms with Crippen LogP contribution >= 0.6 is 11.6 Å². The van der Waals surface area contributed by atoms with E-state index >= 15 is 0 Å². The zero-order valence-corrected chi connectivity index (χ0v) is 13.3. The summed E-state index contributed by atoms with van der Waals surface area (Å²) in [5, 5.41) is 7.94. The van der Waals surface area contributed by atoms with E-state index in [1.807, 2.05) is 55.7 Å². The first kappa shape index (κ1) is 14.0. The van der Waals surface area contributed by atoms with E-state index in [0.29, 0.717) is 11.4 Å². The Hall–Kier alpha value is -2.59. The molecule has 23 heavy (non-hydrogen) atoms. The Kier molecular flexibility index (Phi) is 3.20. The molecule has 114 valence electrons. The van der Waals surface area contributed by atoms with Crippen molar-refractivity contribution in [1.29, 1.82) is 0 Å². The number of aromatic nitrogens is 2. The van der Waals surface area contributed by atoms with Crippen molar-refractivity contribution < 1.29 is 4.79 Å². The van der Waals surface area contributed by atoms with Crippen LogP contribution in [0, 0.1) is 0 Å². The van der Waals surface area contributed by atoms with Gasteiger partial charge in [-0.15, -0.1) is 0 Å². The molecule has 4 rings (SSSR count). The largest absolute Gasteiger partial charge is 0.326 e. The topological polar surface area (TPSA) is 46.9 Å². The van der Waals surface area contributed by atoms with Crippen LogP contribution in [0.5, 0.6) is 0 Å². The van der Waals surface area contributed by atoms with Gasteiger partial charge in [-0.1, -0.05) is 35.9 Å². The van der Waals surface area contributed by atoms with Gasteiger partial charge in [-0.05, 0) is 29.3 Å². The van der Waals surface area contributed by atoms with Crippen LogP contribution in [-0.2, 0) is 18.3 Å². The second kappa shape index (κ2) is 5.25. The molecule has 0 saturated carbocycles. The van der Waals surface area contributed by atoms with E-state index in [1.165, 1.54) is 0 Å². The number of nitrogens with zero attached hydrogens (tertiary/aromatic N) is 2. The molecule has 0 aliphatic carbocycles. The Bertz CT molecular complexity index is 930. The quantitative estimate of drug-likeness (QED) is 0.777. The Morgan fingerprint density at radius 2 is 2.00 bits per heavy atom. The highest BCUT2D eigenvalue weighted by atomic mass is 35.5. The van der Waals surface area contributed by atoms with Gasteiger partial charge in [0.25, 0.3) is 0 Å². The van der Waals surface area contributed by atoms with Gasteiger partial charge in [-0.3, -0.25) is 9.48 Å². The zero-order valence-electron chi connectivity index (χ0n) is 12.5. The number of hydrogen-bond acceptors (Lipinski definition) is 2. The molecule has 4 nitrogen and oxygen atoms in total. The fraction of sp³-hybridized carbons (Fsp3) is 0.111. The first-order chi connectivity index (χ1) is 11.1. The number of hydrogen-bond donors (Lipinski definition) is 1. The molecule has 2 heterocycles. The molecular formula is C18H14ClN3O. The van der Waals surface area contributed by atoms with Crippen LogP contribution in [0.3, 0.4) is 0 Å². The highest BCUT2D eigenvalue weighted by Gasteiger charge is 2.19. The summed E-state index contributed by atoms with van der Waals surface area (Å²) in [6.45, 7) is 0. The van der Waals surface area contributed by atoms with Crippen molar-refractivity contribution in [3.63, 3.8) is 0 Å². The van der Waals surface area contributed by atoms with Gasteiger partial charge in [-0.2, -0.15) is 5.10 Å². The summed E-state index contributed by atoms with van der Waals surface area (Å²) >= 11 is 6.63. The number of amides is 1. The Labute approximate surface area is 138 Å². The SMILES string of the molecule is Cn1ccc(-c2cccc(-c3ccc4c(c3)CC(=O)N4)c2Cl)n1. The molecule has 0 fully saturated rings. The van der Waals surface area contributed by atoms with E-state index in [2.05, 4.69) is 10.4 Å². The molecule has 0 bridgehead atoms. The monoisotopic (exact) mass is 323 g/mol. The molecule has 3 aromatic rings. The van der Waals surface area contributed by atoms with Crippen LogP contribution in [0.1, 0.15) is 5.56 Å². The highest BCUT2D eigenvalue weighted by Crippen LogP contribution is 2.37. The summed E-state index contributed by atoms with van der Waals surface area (Å²) in [5.74, 6) is 0.0329. The zero-order chi connectivity index (χ0) is 16.0. The lowest BCUT2D eigenvalue weighted by Crippen LogP contribution is -2.03. The lowest BCUT2D eigenvalue weighted by molar-refractivity contribution is -0.115. The van der Waals surface area contributed by atoms with Crippen LogP contribution in [0.25, 0.3) is 22.4 Å². The number of anilines is 1. The van der Waals surface area contributed by atoms with Gasteiger partial charge in [0.1, 0.15) is 0 Å². The van der Waals surface area contributed by atoms with E-state index in [1.54, 1.807) is 4.68 Å². The molecule has 1 aliphatic rings. The molecule has 2 aromatic carbocycles. The average molecular weight is 324 g/mol. The first-order valence-corrected chi connectivity index (χ1v) is 7.71. The minimum Gasteiger partial charge on any atom is -0.326 e. The number of aryl methyl sites for hydroxylation is 1. The van der Waals surface area contributed by atoms with Gasteiger partial charge >= 0.3 is 0 Å². The van der Waals surface area contributed by atoms with Crippen molar-refractivity contribution in [1.82, 2.24) is 9.78 Å². The number of nitrogens with one attached hydrogen (secondary N) is 1. The van der Waals surface area contributed by atoms with Crippen LogP contribution in [-0.4, -0.2) is 15.7 Å². The number of benzene rings is 2. The van der Waals surface area contributed by atoms with E-state index < -0.39 is 0 Å². The second-order valence-electron chi connectivity index (χ2n) is 5.64. The summed E-state index contributed by atoms with van der Waals surface area (Å²) in [5.41, 5.74) is 5.58. The van der Waals surface area contributed by atoms with Gasteiger partial charge in [0, 0.05) is 30.1 Å². The summed E-state index contributed by atoms with van der Waals surface area (Å²) in [7, 11) is 1.88. The molecule has 1 N–H and O–H groups in total. The summed E-state index contributed by atoms with van der Waals surface area (Å²) in [6.07, 6.45) is 2.31. The van der Waals surface area contributed by atoms with Crippen molar-refractivity contribution in [2.45, 2.75) is 6.42 Å². The molecule has 0 radical (unpaired) electrons. The van der Waals surface area contributed by atoms with E-state index in [0.717, 1.165) is 33.6 Å². The highest BCUT2D eigenvalue weighted by molar-refractivity contribution is 6.36. The number of carbonyl (C=O) groups is 1. The minimum atomic E-state index is 0.0329. The lowest BCUT2D eigenvalue weighted by atomic mass is 9.99. The predicted molar refractivity (Wildman–Crippen MR) is 91.4 cm³/mol. The number of rotatable bonds is 2. The average Bonchev–Trinajstić information content (AvgIpc) is 3.11. The minimum absolute atomic E-state index is 0.0329. The smallest absolute Gasteiger partial charge is 0.228 e. The Morgan fingerprint density at radius 3 is 2.78 bits per heavy atom. The fourth-order valence-corrected chi connectivity index (χ4v) is 3.24. The van der Waals surface area contributed by atoms with Crippen molar-refractivity contribution in [2.24, 2.45) is 7.05 Å². The molecule has 5 heteroatoms. The molecule has 0 atom stereocenters. The summed E-state index contributed by atoms with van der Waals surface area (Å²) < 4.78 is 1.75. The first-order valence-electron chi connectivity index (χ1n) is 7.33. The van der Waals surface area contributed by atoms with Crippen LogP contribution in [0.15, 0.2) is 48.7 Å². The third-order valence-electron chi connectivity index (χ3n) is 4.03. The van der Waals surface area contributed by atoms with Crippen LogP contribution < -0.4 is 5.32 Å². The van der Waals surface area contributed by atoms with Gasteiger partial charge in [-0.25, -0.2) is 0 Å². The van der Waals surface area contributed by atoms with Gasteiger partial charge in [0.2, 0.25) is 5.91 Å². The standard InChI is InChI=1S/C18H14ClN3O/c1-22-8-7-16(21-22)14-4-2-3-13(18(14)19)11-5-6-15-12(9-11)10-17(23)20-15/h2-9H,10H2,1H3,(H,20,23). The maximum Gasteiger partial charge on any atom is 0.228 e. The molecule has 1 aliphatic heterocycles. The third-order valence-corrected chi connectivity index (χ3v) is 4.44. The number of halogens is 1. The van der Waals surface area contributed by atoms with E-state index in [-0.39, 0.29) is 5.91 Å². The number of carbonyl (C=O) groups excluding carboxylic acids is 1. The lowest BCUT2D eigenvalue weighted by Gasteiger charge is -2.10. The van der Waals surface area contributed by atoms with Gasteiger partial charge in [0.05, 0.1) is 17.1 Å². The molecule has 0 unspecified atom stereocenters. The molecule has 1 amide bonds. The predicted octanol–water partition coefficient (Wildman–Crippen LogP) is 3.90. The van der Waals surface area contributed by atoms with Crippen LogP contribution in [0.4, 0.5) is 5.69 Å². The number of fused-ring (bicyclic) bond motifs is 1. The summed E-state index contributed by atoms with van der Waals surface area (Å²) in [4.78, 5) is 11.5. The van der Waals surface area contributed by atoms with Crippen molar-refractivity contribution in [3.8, 4) is 22.4 Å². The fourth-order valence-electron chi connectivity index (χ4n) is 2.91. The van der Waals surface area contributed by atoms with Crippen molar-refractivity contribution in [3.05, 3.63) is 59.2 Å². The van der Waals surface area contributed by atoms with Crippen molar-refractivity contribution >= 4 is 23.2 Å². The van der Waals surface area contributed by atoms with Crippen LogP contribution in [0.2, 0.25) is 5.02 Å². The summed E-state index contributed by atoms with van der Waals surface area (Å²) in [6, 6.07) is 13.8. The van der Waals surface area contributed by atoms with Gasteiger partial charge in [0.15, 0.2) is 0 Å². The Morgan fingerprint density at radius 1 is 1.17 bits per heavy atom. The maximum absolute atomic E-state index is 11.5. The normalized spacial score (nSPS) is 13.0. The molecular weight excluding hydrogens is 310 g/mol. The maximum atomic E-state index is 11.5. The molecule has 0 saturated heterocycles. The second-order valence-corrected chi connectivity index (χ2v) is 6.02. The van der Waals surface area contributed by atoms with E-state index in [9.17, 15) is 4.79 Å². The van der Waals surface area contributed by atoms with Gasteiger partial charge < -0.3 is 5.32 Å². The third kappa shape index (κ3) is 2.41. The van der Waals surface area contributed by atoms with Crippen molar-refractivity contribution in [2.75, 3.05) is 5.32 Å². The van der Waals surface area contributed by atoms with E-state index in [4.69, 9.17) is 11.6 Å².